The molecule has 0 unspecified atom stereocenters. The van der Waals surface area contributed by atoms with Crippen LogP contribution in [0.3, 0.4) is 0 Å². The maximum absolute atomic E-state index is 13.2. The molecular formula is C30H48O4. The molecule has 1 saturated heterocycles. The Morgan fingerprint density at radius 3 is 2.35 bits per heavy atom. The molecule has 3 fully saturated rings. The summed E-state index contributed by atoms with van der Waals surface area (Å²) in [6, 6.07) is 0. The number of carbonyl (C=O) groups is 2. The second kappa shape index (κ2) is 8.54. The maximum Gasteiger partial charge on any atom is 0.164 e. The van der Waals surface area contributed by atoms with E-state index >= 15 is 0 Å². The van der Waals surface area contributed by atoms with Gasteiger partial charge in [-0.25, -0.2) is 0 Å². The molecule has 0 bridgehead atoms. The number of aliphatic hydroxyl groups excluding tert-OH is 1. The quantitative estimate of drug-likeness (QED) is 0.513. The summed E-state index contributed by atoms with van der Waals surface area (Å²) in [4.78, 5) is 25.9. The normalized spacial score (nSPS) is 44.3. The van der Waals surface area contributed by atoms with Gasteiger partial charge >= 0.3 is 0 Å². The van der Waals surface area contributed by atoms with E-state index in [9.17, 15) is 14.7 Å². The number of ether oxygens (including phenoxy) is 1. The number of allylic oxidation sites excluding steroid dienone is 2. The molecule has 7 atom stereocenters. The molecule has 4 heteroatoms. The molecule has 3 aliphatic carbocycles. The third-order valence-corrected chi connectivity index (χ3v) is 11.3. The zero-order valence-corrected chi connectivity index (χ0v) is 22.9. The van der Waals surface area contributed by atoms with Gasteiger partial charge in [0.1, 0.15) is 5.60 Å². The van der Waals surface area contributed by atoms with E-state index in [0.717, 1.165) is 50.5 Å². The number of hydrogen-bond acceptors (Lipinski definition) is 4. The van der Waals surface area contributed by atoms with Crippen LogP contribution in [0.1, 0.15) is 113 Å². The highest BCUT2D eigenvalue weighted by Crippen LogP contribution is 2.61. The molecule has 0 radical (unpaired) electrons. The summed E-state index contributed by atoms with van der Waals surface area (Å²) in [6.45, 7) is 17.3. The maximum atomic E-state index is 13.2. The van der Waals surface area contributed by atoms with Gasteiger partial charge in [-0.3, -0.25) is 9.59 Å². The fourth-order valence-electron chi connectivity index (χ4n) is 8.69. The SMILES string of the molecule is CC1=C(CC[C@@H]2[C@H](C)CC[C@@H]3OC(C)(C)C(=O)CC[C@]32C)[C@@]2(C)CC[C@@H](O)C(C)(C)[C@@H]2CC1=O. The summed E-state index contributed by atoms with van der Waals surface area (Å²) in [5.41, 5.74) is 1.32. The van der Waals surface area contributed by atoms with Gasteiger partial charge in [-0.05, 0) is 105 Å². The van der Waals surface area contributed by atoms with E-state index < -0.39 is 5.60 Å². The Morgan fingerprint density at radius 2 is 1.68 bits per heavy atom. The van der Waals surface area contributed by atoms with Crippen LogP contribution in [-0.2, 0) is 14.3 Å². The number of rotatable bonds is 3. The van der Waals surface area contributed by atoms with Gasteiger partial charge in [-0.2, -0.15) is 0 Å². The molecule has 1 N–H and O–H groups in total. The van der Waals surface area contributed by atoms with Crippen molar-refractivity contribution in [1.29, 1.82) is 0 Å². The molecule has 34 heavy (non-hydrogen) atoms. The number of carbonyl (C=O) groups excluding carboxylic acids is 2. The lowest BCUT2D eigenvalue weighted by Gasteiger charge is -2.57. The van der Waals surface area contributed by atoms with E-state index in [2.05, 4.69) is 34.6 Å². The summed E-state index contributed by atoms with van der Waals surface area (Å²) in [5, 5.41) is 10.8. The minimum atomic E-state index is -0.697. The van der Waals surface area contributed by atoms with E-state index in [0.29, 0.717) is 24.7 Å². The lowest BCUT2D eigenvalue weighted by Crippen LogP contribution is -2.53. The highest BCUT2D eigenvalue weighted by atomic mass is 16.5. The summed E-state index contributed by atoms with van der Waals surface area (Å²) >= 11 is 0. The van der Waals surface area contributed by atoms with Crippen LogP contribution in [-0.4, -0.2) is 34.5 Å². The zero-order valence-electron chi connectivity index (χ0n) is 22.9. The molecular weight excluding hydrogens is 424 g/mol. The van der Waals surface area contributed by atoms with Crippen molar-refractivity contribution in [3.05, 3.63) is 11.1 Å². The first-order chi connectivity index (χ1) is 15.6. The molecule has 4 nitrogen and oxygen atoms in total. The molecule has 0 aromatic carbocycles. The predicted octanol–water partition coefficient (Wildman–Crippen LogP) is 6.44. The summed E-state index contributed by atoms with van der Waals surface area (Å²) in [6.07, 6.45) is 7.70. The smallest absolute Gasteiger partial charge is 0.164 e. The summed E-state index contributed by atoms with van der Waals surface area (Å²) in [7, 11) is 0. The van der Waals surface area contributed by atoms with Gasteiger partial charge in [0, 0.05) is 12.8 Å². The van der Waals surface area contributed by atoms with Crippen molar-refractivity contribution >= 4 is 11.6 Å². The Bertz CT molecular complexity index is 882. The molecule has 4 rings (SSSR count). The summed E-state index contributed by atoms with van der Waals surface area (Å²) < 4.78 is 6.53. The van der Waals surface area contributed by atoms with E-state index in [4.69, 9.17) is 4.74 Å². The Kier molecular flexibility index (Phi) is 6.55. The van der Waals surface area contributed by atoms with E-state index in [1.807, 2.05) is 20.8 Å². The third-order valence-electron chi connectivity index (χ3n) is 11.3. The summed E-state index contributed by atoms with van der Waals surface area (Å²) in [5.74, 6) is 1.72. The van der Waals surface area contributed by atoms with Crippen LogP contribution in [0.25, 0.3) is 0 Å². The van der Waals surface area contributed by atoms with Gasteiger partial charge < -0.3 is 9.84 Å². The van der Waals surface area contributed by atoms with Crippen LogP contribution in [0.15, 0.2) is 11.1 Å². The number of Topliss-reactive ketones (excluding diaryl/α,β-unsaturated/α-hetero) is 2. The first kappa shape index (κ1) is 26.1. The number of ketones is 2. The van der Waals surface area contributed by atoms with Crippen LogP contribution >= 0.6 is 0 Å². The Hall–Kier alpha value is -1.00. The average molecular weight is 473 g/mol. The van der Waals surface area contributed by atoms with Gasteiger partial charge in [-0.15, -0.1) is 0 Å². The lowest BCUT2D eigenvalue weighted by molar-refractivity contribution is -0.166. The highest BCUT2D eigenvalue weighted by molar-refractivity contribution is 5.97. The molecule has 1 aliphatic heterocycles. The van der Waals surface area contributed by atoms with Gasteiger partial charge in [0.05, 0.1) is 12.2 Å². The molecule has 192 valence electrons. The number of fused-ring (bicyclic) bond motifs is 2. The zero-order chi connectivity index (χ0) is 25.3. The van der Waals surface area contributed by atoms with Crippen molar-refractivity contribution in [2.45, 2.75) is 131 Å². The molecule has 4 aliphatic rings. The number of hydrogen-bond donors (Lipinski definition) is 1. The predicted molar refractivity (Wildman–Crippen MR) is 135 cm³/mol. The van der Waals surface area contributed by atoms with Gasteiger partial charge in [0.2, 0.25) is 0 Å². The standard InChI is InChI=1S/C30H48O4/c1-18-9-12-26-30(8,16-14-25(33)28(5,6)34-26)20(18)10-11-21-19(2)22(31)17-23-27(3,4)24(32)13-15-29(21,23)7/h18,20,23-24,26,32H,9-17H2,1-8H3/t18-,20-,23+,24-,26+,29-,30+/m1/s1. The average Bonchev–Trinajstić information content (AvgIpc) is 2.84. The minimum absolute atomic E-state index is 0.0173. The lowest BCUT2D eigenvalue weighted by atomic mass is 9.48. The second-order valence-corrected chi connectivity index (χ2v) is 13.8. The fraction of sp³-hybridized carbons (Fsp3) is 0.867. The van der Waals surface area contributed by atoms with Crippen LogP contribution in [0.5, 0.6) is 0 Å². The van der Waals surface area contributed by atoms with Crippen molar-refractivity contribution in [2.24, 2.45) is 34.0 Å². The molecule has 0 amide bonds. The van der Waals surface area contributed by atoms with E-state index in [-0.39, 0.29) is 45.9 Å². The highest BCUT2D eigenvalue weighted by Gasteiger charge is 2.56. The minimum Gasteiger partial charge on any atom is -0.393 e. The van der Waals surface area contributed by atoms with Crippen LogP contribution in [0.4, 0.5) is 0 Å². The van der Waals surface area contributed by atoms with Gasteiger partial charge in [0.25, 0.3) is 0 Å². The Morgan fingerprint density at radius 1 is 1.00 bits per heavy atom. The van der Waals surface area contributed by atoms with Crippen molar-refractivity contribution in [3.63, 3.8) is 0 Å². The fourth-order valence-corrected chi connectivity index (χ4v) is 8.69. The van der Waals surface area contributed by atoms with Gasteiger partial charge in [-0.1, -0.05) is 40.2 Å². The Labute approximate surface area is 207 Å². The Balaban J connectivity index is 1.63. The third kappa shape index (κ3) is 3.95. The van der Waals surface area contributed by atoms with E-state index in [1.165, 1.54) is 5.57 Å². The molecule has 0 spiro atoms. The molecule has 0 aromatic rings. The molecule has 2 saturated carbocycles. The van der Waals surface area contributed by atoms with Crippen molar-refractivity contribution in [3.8, 4) is 0 Å². The first-order valence-electron chi connectivity index (χ1n) is 13.8. The van der Waals surface area contributed by atoms with Gasteiger partial charge in [0.15, 0.2) is 11.6 Å². The second-order valence-electron chi connectivity index (χ2n) is 13.8. The van der Waals surface area contributed by atoms with Crippen LogP contribution < -0.4 is 0 Å². The molecule has 1 heterocycles. The van der Waals surface area contributed by atoms with E-state index in [1.54, 1.807) is 0 Å². The topological polar surface area (TPSA) is 63.6 Å². The molecule has 0 aromatic heterocycles. The van der Waals surface area contributed by atoms with Crippen molar-refractivity contribution < 1.29 is 19.4 Å². The van der Waals surface area contributed by atoms with Crippen LogP contribution in [0, 0.1) is 34.0 Å². The van der Waals surface area contributed by atoms with Crippen molar-refractivity contribution in [2.75, 3.05) is 0 Å². The van der Waals surface area contributed by atoms with Crippen molar-refractivity contribution in [1.82, 2.24) is 0 Å². The monoisotopic (exact) mass is 472 g/mol. The number of aliphatic hydroxyl groups is 1. The van der Waals surface area contributed by atoms with Crippen LogP contribution in [0.2, 0.25) is 0 Å². The largest absolute Gasteiger partial charge is 0.393 e. The first-order valence-corrected chi connectivity index (χ1v) is 13.8.